The van der Waals surface area contributed by atoms with E-state index in [1.165, 1.54) is 5.56 Å². The maximum atomic E-state index is 12.8. The van der Waals surface area contributed by atoms with Crippen molar-refractivity contribution >= 4 is 11.7 Å². The van der Waals surface area contributed by atoms with Crippen LogP contribution in [0.15, 0.2) is 72.9 Å². The Labute approximate surface area is 196 Å². The highest BCUT2D eigenvalue weighted by atomic mass is 16.1. The molecule has 0 spiro atoms. The number of nitrogens with zero attached hydrogens (tertiary/aromatic N) is 4. The maximum Gasteiger partial charge on any atom is 0.224 e. The third-order valence-electron chi connectivity index (χ3n) is 6.10. The molecule has 1 atom stereocenters. The van der Waals surface area contributed by atoms with Crippen molar-refractivity contribution in [1.82, 2.24) is 20.2 Å². The third kappa shape index (κ3) is 6.62. The lowest BCUT2D eigenvalue weighted by molar-refractivity contribution is -0.125. The topological polar surface area (TPSA) is 61.4 Å². The number of hydrogen-bond acceptors (Lipinski definition) is 5. The first-order valence-electron chi connectivity index (χ1n) is 11.8. The Hall–Kier alpha value is -3.25. The Morgan fingerprint density at radius 3 is 2.64 bits per heavy atom. The van der Waals surface area contributed by atoms with E-state index >= 15 is 0 Å². The van der Waals surface area contributed by atoms with Crippen LogP contribution in [0.5, 0.6) is 0 Å². The van der Waals surface area contributed by atoms with Crippen molar-refractivity contribution in [1.29, 1.82) is 0 Å². The average Bonchev–Trinajstić information content (AvgIpc) is 2.88. The number of piperidine rings is 1. The zero-order chi connectivity index (χ0) is 22.9. The number of carbonyl (C=O) groups is 1. The van der Waals surface area contributed by atoms with E-state index in [-0.39, 0.29) is 11.8 Å². The predicted octanol–water partition coefficient (Wildman–Crippen LogP) is 4.00. The van der Waals surface area contributed by atoms with Crippen molar-refractivity contribution in [2.24, 2.45) is 5.92 Å². The van der Waals surface area contributed by atoms with Gasteiger partial charge in [-0.2, -0.15) is 0 Å². The van der Waals surface area contributed by atoms with E-state index in [1.807, 2.05) is 42.5 Å². The molecule has 2 aromatic carbocycles. The van der Waals surface area contributed by atoms with Gasteiger partial charge >= 0.3 is 0 Å². The van der Waals surface area contributed by atoms with E-state index in [2.05, 4.69) is 51.4 Å². The Morgan fingerprint density at radius 1 is 1.09 bits per heavy atom. The summed E-state index contributed by atoms with van der Waals surface area (Å²) < 4.78 is 0. The number of benzene rings is 2. The molecule has 172 valence electrons. The molecular weight excluding hydrogens is 410 g/mol. The van der Waals surface area contributed by atoms with Crippen LogP contribution in [-0.2, 0) is 11.3 Å². The largest absolute Gasteiger partial charge is 0.356 e. The van der Waals surface area contributed by atoms with Gasteiger partial charge in [-0.1, -0.05) is 60.7 Å². The van der Waals surface area contributed by atoms with Gasteiger partial charge in [0.25, 0.3) is 0 Å². The van der Waals surface area contributed by atoms with Gasteiger partial charge in [0.15, 0.2) is 5.82 Å². The van der Waals surface area contributed by atoms with Crippen LogP contribution in [0, 0.1) is 5.92 Å². The van der Waals surface area contributed by atoms with Crippen molar-refractivity contribution in [2.75, 3.05) is 38.1 Å². The van der Waals surface area contributed by atoms with Crippen LogP contribution in [0.25, 0.3) is 11.4 Å². The molecule has 1 aliphatic heterocycles. The number of carbonyl (C=O) groups excluding carboxylic acids is 1. The van der Waals surface area contributed by atoms with Crippen LogP contribution < -0.4 is 10.2 Å². The van der Waals surface area contributed by atoms with Gasteiger partial charge in [-0.25, -0.2) is 9.97 Å². The molecule has 1 aromatic heterocycles. The van der Waals surface area contributed by atoms with E-state index in [4.69, 9.17) is 4.98 Å². The molecule has 0 bridgehead atoms. The molecule has 6 heteroatoms. The highest BCUT2D eigenvalue weighted by Crippen LogP contribution is 2.24. The van der Waals surface area contributed by atoms with E-state index in [0.29, 0.717) is 13.1 Å². The zero-order valence-electron chi connectivity index (χ0n) is 19.4. The summed E-state index contributed by atoms with van der Waals surface area (Å²) in [6, 6.07) is 22.4. The first-order valence-corrected chi connectivity index (χ1v) is 11.8. The van der Waals surface area contributed by atoms with Crippen LogP contribution >= 0.6 is 0 Å². The van der Waals surface area contributed by atoms with E-state index < -0.39 is 0 Å². The standard InChI is InChI=1S/C27H33N5O/c1-31(20-22-10-4-2-5-11-22)18-9-16-29-27(33)24-14-8-19-32(21-24)25-15-17-28-26(30-25)23-12-6-3-7-13-23/h2-7,10-13,15,17,24H,8-9,14,16,18-21H2,1H3,(H,29,33)/t24-/m1/s1. The molecule has 33 heavy (non-hydrogen) atoms. The predicted molar refractivity (Wildman–Crippen MR) is 133 cm³/mol. The van der Waals surface area contributed by atoms with Gasteiger partial charge in [-0.05, 0) is 44.5 Å². The summed E-state index contributed by atoms with van der Waals surface area (Å²) in [7, 11) is 2.12. The molecule has 0 unspecified atom stereocenters. The van der Waals surface area contributed by atoms with Gasteiger partial charge in [-0.15, -0.1) is 0 Å². The van der Waals surface area contributed by atoms with Gasteiger partial charge in [0, 0.05) is 37.9 Å². The fourth-order valence-electron chi connectivity index (χ4n) is 4.33. The summed E-state index contributed by atoms with van der Waals surface area (Å²) >= 11 is 0. The molecular formula is C27H33N5O. The van der Waals surface area contributed by atoms with Gasteiger partial charge in [-0.3, -0.25) is 4.79 Å². The number of aromatic nitrogens is 2. The molecule has 0 aliphatic carbocycles. The van der Waals surface area contributed by atoms with Crippen LogP contribution in [0.2, 0.25) is 0 Å². The number of amides is 1. The Balaban J connectivity index is 1.24. The molecule has 1 fully saturated rings. The molecule has 3 aromatic rings. The van der Waals surface area contributed by atoms with Gasteiger partial charge < -0.3 is 15.1 Å². The van der Waals surface area contributed by atoms with E-state index in [0.717, 1.165) is 56.1 Å². The number of hydrogen-bond donors (Lipinski definition) is 1. The third-order valence-corrected chi connectivity index (χ3v) is 6.10. The number of rotatable bonds is 9. The van der Waals surface area contributed by atoms with Gasteiger partial charge in [0.1, 0.15) is 5.82 Å². The second-order valence-corrected chi connectivity index (χ2v) is 8.76. The molecule has 1 N–H and O–H groups in total. The number of nitrogens with one attached hydrogen (secondary N) is 1. The van der Waals surface area contributed by atoms with Crippen molar-refractivity contribution in [2.45, 2.75) is 25.8 Å². The van der Waals surface area contributed by atoms with E-state index in [1.54, 1.807) is 6.20 Å². The Kier molecular flexibility index (Phi) is 8.04. The molecule has 0 radical (unpaired) electrons. The minimum absolute atomic E-state index is 0.00376. The molecule has 1 saturated heterocycles. The summed E-state index contributed by atoms with van der Waals surface area (Å²) in [5, 5.41) is 3.16. The summed E-state index contributed by atoms with van der Waals surface area (Å²) in [5.41, 5.74) is 2.31. The van der Waals surface area contributed by atoms with Crippen LogP contribution in [0.1, 0.15) is 24.8 Å². The molecule has 4 rings (SSSR count). The van der Waals surface area contributed by atoms with E-state index in [9.17, 15) is 4.79 Å². The monoisotopic (exact) mass is 443 g/mol. The van der Waals surface area contributed by atoms with Gasteiger partial charge in [0.2, 0.25) is 5.91 Å². The number of anilines is 1. The first kappa shape index (κ1) is 22.9. The first-order chi connectivity index (χ1) is 16.2. The Bertz CT molecular complexity index is 1010. The fourth-order valence-corrected chi connectivity index (χ4v) is 4.33. The normalized spacial score (nSPS) is 16.1. The molecule has 0 saturated carbocycles. The second-order valence-electron chi connectivity index (χ2n) is 8.76. The SMILES string of the molecule is CN(CCCNC(=O)[C@@H]1CCCN(c2ccnc(-c3ccccc3)n2)C1)Cc1ccccc1. The average molecular weight is 444 g/mol. The van der Waals surface area contributed by atoms with Crippen LogP contribution in [-0.4, -0.2) is 54.0 Å². The Morgan fingerprint density at radius 2 is 1.85 bits per heavy atom. The van der Waals surface area contributed by atoms with Crippen LogP contribution in [0.3, 0.4) is 0 Å². The highest BCUT2D eigenvalue weighted by Gasteiger charge is 2.26. The lowest BCUT2D eigenvalue weighted by Crippen LogP contribution is -2.43. The second kappa shape index (κ2) is 11.6. The maximum absolute atomic E-state index is 12.8. The van der Waals surface area contributed by atoms with Crippen molar-refractivity contribution in [3.8, 4) is 11.4 Å². The summed E-state index contributed by atoms with van der Waals surface area (Å²) in [5.74, 6) is 1.77. The highest BCUT2D eigenvalue weighted by molar-refractivity contribution is 5.79. The van der Waals surface area contributed by atoms with Crippen LogP contribution in [0.4, 0.5) is 5.82 Å². The lowest BCUT2D eigenvalue weighted by atomic mass is 9.97. The zero-order valence-corrected chi connectivity index (χ0v) is 19.4. The molecule has 1 amide bonds. The van der Waals surface area contributed by atoms with Crippen molar-refractivity contribution in [3.05, 3.63) is 78.5 Å². The minimum Gasteiger partial charge on any atom is -0.356 e. The van der Waals surface area contributed by atoms with Crippen molar-refractivity contribution in [3.63, 3.8) is 0 Å². The summed E-state index contributed by atoms with van der Waals surface area (Å²) in [6.07, 6.45) is 4.66. The smallest absolute Gasteiger partial charge is 0.224 e. The summed E-state index contributed by atoms with van der Waals surface area (Å²) in [4.78, 5) is 26.5. The summed E-state index contributed by atoms with van der Waals surface area (Å²) in [6.45, 7) is 4.20. The molecule has 2 heterocycles. The minimum atomic E-state index is -0.00376. The van der Waals surface area contributed by atoms with Gasteiger partial charge in [0.05, 0.1) is 5.92 Å². The molecule has 1 aliphatic rings. The fraction of sp³-hybridized carbons (Fsp3) is 0.370. The molecule has 6 nitrogen and oxygen atoms in total. The quantitative estimate of drug-likeness (QED) is 0.507. The van der Waals surface area contributed by atoms with Crippen molar-refractivity contribution < 1.29 is 4.79 Å². The lowest BCUT2D eigenvalue weighted by Gasteiger charge is -2.33.